The summed E-state index contributed by atoms with van der Waals surface area (Å²) in [6, 6.07) is 10.5. The van der Waals surface area contributed by atoms with Crippen LogP contribution in [0.3, 0.4) is 0 Å². The van der Waals surface area contributed by atoms with Gasteiger partial charge in [-0.05, 0) is 42.8 Å². The predicted molar refractivity (Wildman–Crippen MR) is 105 cm³/mol. The van der Waals surface area contributed by atoms with Crippen molar-refractivity contribution in [2.24, 2.45) is 0 Å². The molecule has 1 spiro atoms. The van der Waals surface area contributed by atoms with Crippen molar-refractivity contribution >= 4 is 34.9 Å². The molecule has 0 aliphatic carbocycles. The first-order valence-corrected chi connectivity index (χ1v) is 9.70. The minimum atomic E-state index is -0.546. The van der Waals surface area contributed by atoms with E-state index >= 15 is 0 Å². The summed E-state index contributed by atoms with van der Waals surface area (Å²) in [5.74, 6) is 0.605. The Hall–Kier alpha value is -2.04. The van der Waals surface area contributed by atoms with Gasteiger partial charge in [0.05, 0.1) is 12.0 Å². The van der Waals surface area contributed by atoms with Gasteiger partial charge in [-0.1, -0.05) is 29.3 Å². The summed E-state index contributed by atoms with van der Waals surface area (Å²) in [6.45, 7) is 2.98. The Bertz CT molecular complexity index is 933. The number of ether oxygens (including phenoxy) is 1. The third kappa shape index (κ3) is 3.44. The van der Waals surface area contributed by atoms with Crippen molar-refractivity contribution in [2.75, 3.05) is 13.1 Å². The Morgan fingerprint density at radius 2 is 1.89 bits per heavy atom. The van der Waals surface area contributed by atoms with E-state index in [9.17, 15) is 9.59 Å². The first-order chi connectivity index (χ1) is 12.9. The van der Waals surface area contributed by atoms with Crippen LogP contribution in [0.4, 0.5) is 0 Å². The number of halogens is 2. The lowest BCUT2D eigenvalue weighted by atomic mass is 9.82. The second kappa shape index (κ2) is 6.84. The number of Topliss-reactive ketones (excluding diaryl/α,β-unsaturated/α-hetero) is 1. The van der Waals surface area contributed by atoms with Gasteiger partial charge >= 0.3 is 0 Å². The van der Waals surface area contributed by atoms with Crippen LogP contribution < -0.4 is 4.74 Å². The van der Waals surface area contributed by atoms with E-state index in [4.69, 9.17) is 27.9 Å². The largest absolute Gasteiger partial charge is 0.486 e. The SMILES string of the molecule is Cc1cc2c(cc1Cl)C(=O)CC1(CCN(C(=O)c3cccc(Cl)c3)CC1)O2. The molecule has 1 amide bonds. The number of hydrogen-bond acceptors (Lipinski definition) is 3. The Kier molecular flexibility index (Phi) is 4.65. The van der Waals surface area contributed by atoms with Gasteiger partial charge in [-0.2, -0.15) is 0 Å². The highest BCUT2D eigenvalue weighted by Crippen LogP contribution is 2.41. The number of carbonyl (C=O) groups excluding carboxylic acids is 2. The highest BCUT2D eigenvalue weighted by Gasteiger charge is 2.44. The van der Waals surface area contributed by atoms with Crippen molar-refractivity contribution in [1.29, 1.82) is 0 Å². The molecule has 2 aliphatic rings. The Morgan fingerprint density at radius 1 is 1.15 bits per heavy atom. The summed E-state index contributed by atoms with van der Waals surface area (Å²) in [5.41, 5.74) is 1.47. The normalized spacial score (nSPS) is 18.2. The number of nitrogens with zero attached hydrogens (tertiary/aromatic N) is 1. The minimum absolute atomic E-state index is 0.0440. The van der Waals surface area contributed by atoms with Crippen molar-refractivity contribution < 1.29 is 14.3 Å². The molecule has 1 saturated heterocycles. The maximum absolute atomic E-state index is 12.7. The molecule has 0 aromatic heterocycles. The number of ketones is 1. The van der Waals surface area contributed by atoms with Gasteiger partial charge in [0.1, 0.15) is 11.4 Å². The molecule has 0 saturated carbocycles. The molecular formula is C21H19Cl2NO3. The van der Waals surface area contributed by atoms with E-state index in [1.54, 1.807) is 35.2 Å². The summed E-state index contributed by atoms with van der Waals surface area (Å²) in [7, 11) is 0. The molecule has 4 rings (SSSR count). The number of fused-ring (bicyclic) bond motifs is 1. The zero-order valence-corrected chi connectivity index (χ0v) is 16.4. The third-order valence-corrected chi connectivity index (χ3v) is 6.05. The van der Waals surface area contributed by atoms with Gasteiger partial charge in [-0.25, -0.2) is 0 Å². The summed E-state index contributed by atoms with van der Waals surface area (Å²) < 4.78 is 6.28. The van der Waals surface area contributed by atoms with Gasteiger partial charge in [-0.3, -0.25) is 9.59 Å². The molecule has 2 aromatic rings. The van der Waals surface area contributed by atoms with E-state index < -0.39 is 5.60 Å². The average molecular weight is 404 g/mol. The van der Waals surface area contributed by atoms with Crippen molar-refractivity contribution in [3.05, 3.63) is 63.1 Å². The summed E-state index contributed by atoms with van der Waals surface area (Å²) in [4.78, 5) is 27.2. The van der Waals surface area contributed by atoms with Crippen LogP contribution in [0.1, 0.15) is 45.5 Å². The molecule has 0 bridgehead atoms. The van der Waals surface area contributed by atoms with Crippen LogP contribution in [0.5, 0.6) is 5.75 Å². The second-order valence-corrected chi connectivity index (χ2v) is 8.13. The molecule has 2 aliphatic heterocycles. The van der Waals surface area contributed by atoms with E-state index in [0.29, 0.717) is 59.3 Å². The Labute approximate surface area is 168 Å². The van der Waals surface area contributed by atoms with Crippen LogP contribution in [0, 0.1) is 6.92 Å². The van der Waals surface area contributed by atoms with E-state index in [1.807, 2.05) is 13.0 Å². The second-order valence-electron chi connectivity index (χ2n) is 7.29. The van der Waals surface area contributed by atoms with Gasteiger partial charge < -0.3 is 9.64 Å². The minimum Gasteiger partial charge on any atom is -0.486 e. The fourth-order valence-corrected chi connectivity index (χ4v) is 4.17. The topological polar surface area (TPSA) is 46.6 Å². The number of aryl methyl sites for hydroxylation is 1. The van der Waals surface area contributed by atoms with E-state index in [2.05, 4.69) is 0 Å². The lowest BCUT2D eigenvalue weighted by Gasteiger charge is -2.44. The molecular weight excluding hydrogens is 385 g/mol. The molecule has 2 aromatic carbocycles. The lowest BCUT2D eigenvalue weighted by molar-refractivity contribution is -0.00573. The average Bonchev–Trinajstić information content (AvgIpc) is 2.64. The first-order valence-electron chi connectivity index (χ1n) is 8.94. The maximum Gasteiger partial charge on any atom is 0.253 e. The van der Waals surface area contributed by atoms with Crippen LogP contribution in [-0.4, -0.2) is 35.3 Å². The van der Waals surface area contributed by atoms with Crippen molar-refractivity contribution in [1.82, 2.24) is 4.90 Å². The monoisotopic (exact) mass is 403 g/mol. The van der Waals surface area contributed by atoms with E-state index in [0.717, 1.165) is 5.56 Å². The van der Waals surface area contributed by atoms with Crippen LogP contribution in [0.25, 0.3) is 0 Å². The van der Waals surface area contributed by atoms with Gasteiger partial charge in [0.2, 0.25) is 0 Å². The molecule has 1 fully saturated rings. The zero-order chi connectivity index (χ0) is 19.2. The molecule has 6 heteroatoms. The number of piperidine rings is 1. The summed E-state index contributed by atoms with van der Waals surface area (Å²) >= 11 is 12.1. The predicted octanol–water partition coefficient (Wildman–Crippen LogP) is 4.94. The van der Waals surface area contributed by atoms with Crippen LogP contribution in [0.15, 0.2) is 36.4 Å². The molecule has 4 nitrogen and oxygen atoms in total. The van der Waals surface area contributed by atoms with Crippen molar-refractivity contribution in [2.45, 2.75) is 31.8 Å². The quantitative estimate of drug-likeness (QED) is 0.676. The molecule has 27 heavy (non-hydrogen) atoms. The first kappa shape index (κ1) is 18.3. The van der Waals surface area contributed by atoms with E-state index in [-0.39, 0.29) is 11.7 Å². The van der Waals surface area contributed by atoms with Crippen LogP contribution in [-0.2, 0) is 0 Å². The smallest absolute Gasteiger partial charge is 0.253 e. The highest BCUT2D eigenvalue weighted by atomic mass is 35.5. The van der Waals surface area contributed by atoms with Gasteiger partial charge in [0, 0.05) is 41.5 Å². The number of amides is 1. The van der Waals surface area contributed by atoms with Crippen LogP contribution >= 0.6 is 23.2 Å². The Balaban J connectivity index is 1.51. The summed E-state index contributed by atoms with van der Waals surface area (Å²) in [5, 5.41) is 1.12. The van der Waals surface area contributed by atoms with Crippen LogP contribution in [0.2, 0.25) is 10.0 Å². The molecule has 140 valence electrons. The number of rotatable bonds is 1. The molecule has 2 heterocycles. The number of hydrogen-bond donors (Lipinski definition) is 0. The molecule has 0 N–H and O–H groups in total. The van der Waals surface area contributed by atoms with Gasteiger partial charge in [0.15, 0.2) is 5.78 Å². The fourth-order valence-electron chi connectivity index (χ4n) is 3.81. The molecule has 0 unspecified atom stereocenters. The fraction of sp³-hybridized carbons (Fsp3) is 0.333. The Morgan fingerprint density at radius 3 is 2.59 bits per heavy atom. The van der Waals surface area contributed by atoms with Gasteiger partial charge in [-0.15, -0.1) is 0 Å². The summed E-state index contributed by atoms with van der Waals surface area (Å²) in [6.07, 6.45) is 1.55. The van der Waals surface area contributed by atoms with Crippen molar-refractivity contribution in [3.63, 3.8) is 0 Å². The zero-order valence-electron chi connectivity index (χ0n) is 14.9. The highest BCUT2D eigenvalue weighted by molar-refractivity contribution is 6.32. The van der Waals surface area contributed by atoms with Gasteiger partial charge in [0.25, 0.3) is 5.91 Å². The van der Waals surface area contributed by atoms with Crippen molar-refractivity contribution in [3.8, 4) is 5.75 Å². The van der Waals surface area contributed by atoms with E-state index in [1.165, 1.54) is 0 Å². The lowest BCUT2D eigenvalue weighted by Crippen LogP contribution is -2.52. The maximum atomic E-state index is 12.7. The standard InChI is InChI=1S/C21H19Cl2NO3/c1-13-9-19-16(11-17(13)23)18(25)12-21(27-19)5-7-24(8-6-21)20(26)14-3-2-4-15(22)10-14/h2-4,9-11H,5-8,12H2,1H3. The third-order valence-electron chi connectivity index (χ3n) is 5.40. The molecule has 0 radical (unpaired) electrons. The molecule has 0 atom stereocenters. The number of carbonyl (C=O) groups is 2. The number of likely N-dealkylation sites (tertiary alicyclic amines) is 1. The number of benzene rings is 2.